The highest BCUT2D eigenvalue weighted by Crippen LogP contribution is 2.33. The first-order chi connectivity index (χ1) is 8.75. The van der Waals surface area contributed by atoms with E-state index in [4.69, 9.17) is 0 Å². The quantitative estimate of drug-likeness (QED) is 0.471. The van der Waals surface area contributed by atoms with Crippen LogP contribution in [-0.2, 0) is 9.59 Å². The van der Waals surface area contributed by atoms with Gasteiger partial charge in [0.1, 0.15) is 0 Å². The van der Waals surface area contributed by atoms with E-state index in [1.54, 1.807) is 0 Å². The smallest absolute Gasteiger partial charge is 0.0645 e. The predicted octanol–water partition coefficient (Wildman–Crippen LogP) is -1.43. The van der Waals surface area contributed by atoms with E-state index in [1.165, 1.54) is 13.8 Å². The van der Waals surface area contributed by atoms with Crippen molar-refractivity contribution in [1.29, 1.82) is 0 Å². The summed E-state index contributed by atoms with van der Waals surface area (Å²) in [5, 5.41) is 40.6. The van der Waals surface area contributed by atoms with Gasteiger partial charge in [-0.3, -0.25) is 0 Å². The van der Waals surface area contributed by atoms with Crippen LogP contribution < -0.4 is 10.2 Å². The summed E-state index contributed by atoms with van der Waals surface area (Å²) in [6, 6.07) is 0. The van der Waals surface area contributed by atoms with Crippen molar-refractivity contribution in [1.82, 2.24) is 0 Å². The number of aliphatic carboxylic acids is 2. The van der Waals surface area contributed by atoms with Crippen molar-refractivity contribution in [3.8, 4) is 0 Å². The molecular formula is C13H22O6-2. The summed E-state index contributed by atoms with van der Waals surface area (Å²) in [5.41, 5.74) is -1.67. The number of hydrogen-bond acceptors (Lipinski definition) is 6. The maximum atomic E-state index is 11.2. The lowest BCUT2D eigenvalue weighted by molar-refractivity contribution is -0.329. The monoisotopic (exact) mass is 274 g/mol. The highest BCUT2D eigenvalue weighted by Gasteiger charge is 2.41. The number of rotatable bonds is 10. The van der Waals surface area contributed by atoms with Crippen LogP contribution >= 0.6 is 0 Å². The highest BCUT2D eigenvalue weighted by molar-refractivity contribution is 5.74. The van der Waals surface area contributed by atoms with Gasteiger partial charge in [-0.25, -0.2) is 0 Å². The predicted molar refractivity (Wildman–Crippen MR) is 63.5 cm³/mol. The minimum atomic E-state index is -1.67. The van der Waals surface area contributed by atoms with Crippen molar-refractivity contribution in [2.45, 2.75) is 64.6 Å². The average molecular weight is 274 g/mol. The summed E-state index contributed by atoms with van der Waals surface area (Å²) >= 11 is 0. The Labute approximate surface area is 113 Å². The molecule has 0 aromatic carbocycles. The molecule has 112 valence electrons. The third-order valence-corrected chi connectivity index (χ3v) is 3.59. The molecule has 0 saturated carbocycles. The molecule has 0 amide bonds. The van der Waals surface area contributed by atoms with Crippen LogP contribution in [0.2, 0.25) is 0 Å². The molecule has 0 heterocycles. The SMILES string of the molecule is CC(O)C(CCCCCCC(=O)[O-])(C(=O)[O-])C(C)O. The van der Waals surface area contributed by atoms with Crippen LogP contribution in [0.5, 0.6) is 0 Å². The number of carbonyl (C=O) groups is 2. The summed E-state index contributed by atoms with van der Waals surface area (Å²) in [5.74, 6) is -2.57. The van der Waals surface area contributed by atoms with E-state index in [1.807, 2.05) is 0 Å². The highest BCUT2D eigenvalue weighted by atomic mass is 16.4. The van der Waals surface area contributed by atoms with Crippen LogP contribution in [0.15, 0.2) is 0 Å². The van der Waals surface area contributed by atoms with Crippen molar-refractivity contribution < 1.29 is 30.0 Å². The van der Waals surface area contributed by atoms with Crippen molar-refractivity contribution in [3.63, 3.8) is 0 Å². The standard InChI is InChI=1S/C13H24O6/c1-9(14)13(10(2)15,12(18)19)8-6-4-3-5-7-11(16)17/h9-10,14-15H,3-8H2,1-2H3,(H,16,17)(H,18,19)/p-2. The summed E-state index contributed by atoms with van der Waals surface area (Å²) in [6.45, 7) is 2.64. The Morgan fingerprint density at radius 3 is 1.84 bits per heavy atom. The number of hydrogen-bond donors (Lipinski definition) is 2. The summed E-state index contributed by atoms with van der Waals surface area (Å²) in [7, 11) is 0. The summed E-state index contributed by atoms with van der Waals surface area (Å²) < 4.78 is 0. The van der Waals surface area contributed by atoms with E-state index in [9.17, 15) is 30.0 Å². The van der Waals surface area contributed by atoms with E-state index >= 15 is 0 Å². The molecule has 6 heteroatoms. The second kappa shape index (κ2) is 8.12. The lowest BCUT2D eigenvalue weighted by Gasteiger charge is -2.40. The van der Waals surface area contributed by atoms with Gasteiger partial charge in [0.15, 0.2) is 0 Å². The molecule has 0 aliphatic heterocycles. The lowest BCUT2D eigenvalue weighted by atomic mass is 9.74. The van der Waals surface area contributed by atoms with Gasteiger partial charge < -0.3 is 30.0 Å². The maximum absolute atomic E-state index is 11.2. The number of carboxylic acid groups (broad SMARTS) is 2. The van der Waals surface area contributed by atoms with Crippen molar-refractivity contribution in [2.24, 2.45) is 5.41 Å². The van der Waals surface area contributed by atoms with Gasteiger partial charge in [0, 0.05) is 5.97 Å². The summed E-state index contributed by atoms with van der Waals surface area (Å²) in [6.07, 6.45) is -0.158. The molecule has 0 saturated heterocycles. The number of carbonyl (C=O) groups excluding carboxylic acids is 2. The zero-order valence-electron chi connectivity index (χ0n) is 11.4. The molecule has 0 bridgehead atoms. The number of carboxylic acids is 2. The first kappa shape index (κ1) is 17.9. The van der Waals surface area contributed by atoms with Crippen molar-refractivity contribution >= 4 is 11.9 Å². The molecule has 0 aliphatic rings. The topological polar surface area (TPSA) is 121 Å². The van der Waals surface area contributed by atoms with Crippen LogP contribution in [-0.4, -0.2) is 34.4 Å². The van der Waals surface area contributed by atoms with Crippen LogP contribution in [0.4, 0.5) is 0 Å². The molecular weight excluding hydrogens is 252 g/mol. The molecule has 6 nitrogen and oxygen atoms in total. The van der Waals surface area contributed by atoms with E-state index in [0.29, 0.717) is 25.7 Å². The van der Waals surface area contributed by atoms with Crippen LogP contribution in [0, 0.1) is 5.41 Å². The van der Waals surface area contributed by atoms with Crippen LogP contribution in [0.25, 0.3) is 0 Å². The largest absolute Gasteiger partial charge is 0.550 e. The van der Waals surface area contributed by atoms with Gasteiger partial charge in [-0.2, -0.15) is 0 Å². The average Bonchev–Trinajstić information content (AvgIpc) is 2.26. The Morgan fingerprint density at radius 1 is 1.00 bits per heavy atom. The molecule has 2 N–H and O–H groups in total. The van der Waals surface area contributed by atoms with Crippen LogP contribution in [0.1, 0.15) is 52.4 Å². The Morgan fingerprint density at radius 2 is 1.47 bits per heavy atom. The van der Waals surface area contributed by atoms with Crippen molar-refractivity contribution in [2.75, 3.05) is 0 Å². The normalized spacial score (nSPS) is 17.5. The third kappa shape index (κ3) is 5.16. The first-order valence-electron chi connectivity index (χ1n) is 6.52. The fourth-order valence-electron chi connectivity index (χ4n) is 2.25. The van der Waals surface area contributed by atoms with Gasteiger partial charge in [-0.15, -0.1) is 0 Å². The molecule has 0 fully saturated rings. The lowest BCUT2D eigenvalue weighted by Crippen LogP contribution is -2.55. The fourth-order valence-corrected chi connectivity index (χ4v) is 2.25. The zero-order valence-corrected chi connectivity index (χ0v) is 11.4. The molecule has 0 rings (SSSR count). The number of aliphatic hydroxyl groups is 2. The Bertz CT molecular complexity index is 290. The molecule has 2 unspecified atom stereocenters. The van der Waals surface area contributed by atoms with E-state index in [-0.39, 0.29) is 12.8 Å². The number of aliphatic hydroxyl groups excluding tert-OH is 2. The zero-order chi connectivity index (χ0) is 15.1. The second-order valence-electron chi connectivity index (χ2n) is 4.97. The molecule has 19 heavy (non-hydrogen) atoms. The minimum absolute atomic E-state index is 0.0154. The van der Waals surface area contributed by atoms with Gasteiger partial charge in [-0.05, 0) is 33.1 Å². The minimum Gasteiger partial charge on any atom is -0.550 e. The molecule has 0 aliphatic carbocycles. The second-order valence-corrected chi connectivity index (χ2v) is 4.97. The third-order valence-electron chi connectivity index (χ3n) is 3.59. The molecule has 0 radical (unpaired) electrons. The molecule has 2 atom stereocenters. The molecule has 0 aromatic rings. The Balaban J connectivity index is 4.29. The summed E-state index contributed by atoms with van der Waals surface area (Å²) in [4.78, 5) is 21.4. The van der Waals surface area contributed by atoms with Gasteiger partial charge in [0.2, 0.25) is 0 Å². The van der Waals surface area contributed by atoms with E-state index in [0.717, 1.165) is 0 Å². The van der Waals surface area contributed by atoms with E-state index < -0.39 is 29.6 Å². The Hall–Kier alpha value is -1.14. The van der Waals surface area contributed by atoms with Gasteiger partial charge in [0.25, 0.3) is 0 Å². The molecule has 0 aromatic heterocycles. The van der Waals surface area contributed by atoms with E-state index in [2.05, 4.69) is 0 Å². The van der Waals surface area contributed by atoms with Crippen molar-refractivity contribution in [3.05, 3.63) is 0 Å². The maximum Gasteiger partial charge on any atom is 0.0645 e. The van der Waals surface area contributed by atoms with Gasteiger partial charge >= 0.3 is 0 Å². The molecule has 0 spiro atoms. The number of unbranched alkanes of at least 4 members (excludes halogenated alkanes) is 3. The van der Waals surface area contributed by atoms with Crippen LogP contribution in [0.3, 0.4) is 0 Å². The first-order valence-corrected chi connectivity index (χ1v) is 6.52. The van der Waals surface area contributed by atoms with Gasteiger partial charge in [0.05, 0.1) is 23.6 Å². The van der Waals surface area contributed by atoms with Gasteiger partial charge in [-0.1, -0.05) is 19.3 Å². The fraction of sp³-hybridized carbons (Fsp3) is 0.846. The Kier molecular flexibility index (Phi) is 7.63.